The van der Waals surface area contributed by atoms with Crippen molar-refractivity contribution in [3.05, 3.63) is 47.4 Å². The minimum absolute atomic E-state index is 0.198. The van der Waals surface area contributed by atoms with Crippen molar-refractivity contribution in [1.29, 1.82) is 0 Å². The molecule has 0 bridgehead atoms. The van der Waals surface area contributed by atoms with Gasteiger partial charge in [-0.15, -0.1) is 0 Å². The molecule has 1 aromatic heterocycles. The van der Waals surface area contributed by atoms with Crippen molar-refractivity contribution < 1.29 is 9.13 Å². The van der Waals surface area contributed by atoms with E-state index in [-0.39, 0.29) is 5.82 Å². The number of methoxy groups -OCH3 is 1. The van der Waals surface area contributed by atoms with Crippen LogP contribution in [-0.4, -0.2) is 17.1 Å². The highest BCUT2D eigenvalue weighted by molar-refractivity contribution is 5.31. The van der Waals surface area contributed by atoms with Crippen molar-refractivity contribution in [2.75, 3.05) is 12.4 Å². The number of nitrogens with zero attached hydrogens (tertiary/aromatic N) is 2. The highest BCUT2D eigenvalue weighted by Crippen LogP contribution is 2.12. The predicted molar refractivity (Wildman–Crippen MR) is 67.0 cm³/mol. The van der Waals surface area contributed by atoms with Gasteiger partial charge in [0.1, 0.15) is 5.82 Å². The minimum atomic E-state index is -0.198. The second-order valence-electron chi connectivity index (χ2n) is 3.86. The van der Waals surface area contributed by atoms with Gasteiger partial charge in [0.15, 0.2) is 0 Å². The summed E-state index contributed by atoms with van der Waals surface area (Å²) >= 11 is 0. The Labute approximate surface area is 105 Å². The van der Waals surface area contributed by atoms with E-state index in [2.05, 4.69) is 15.3 Å². The summed E-state index contributed by atoms with van der Waals surface area (Å²) in [6.07, 6.45) is 1.62. The number of ether oxygens (including phenoxy) is 1. The summed E-state index contributed by atoms with van der Waals surface area (Å²) in [6.45, 7) is 2.27. The van der Waals surface area contributed by atoms with Gasteiger partial charge in [0, 0.05) is 18.8 Å². The van der Waals surface area contributed by atoms with Crippen LogP contribution in [0.3, 0.4) is 0 Å². The van der Waals surface area contributed by atoms with E-state index in [0.717, 1.165) is 5.56 Å². The van der Waals surface area contributed by atoms with Crippen LogP contribution in [-0.2, 0) is 6.54 Å². The number of halogens is 1. The molecule has 0 unspecified atom stereocenters. The van der Waals surface area contributed by atoms with E-state index in [1.165, 1.54) is 6.07 Å². The van der Waals surface area contributed by atoms with Crippen molar-refractivity contribution in [1.82, 2.24) is 9.97 Å². The third-order valence-corrected chi connectivity index (χ3v) is 2.51. The molecule has 0 aliphatic carbocycles. The molecule has 0 spiro atoms. The summed E-state index contributed by atoms with van der Waals surface area (Å²) in [4.78, 5) is 8.19. The summed E-state index contributed by atoms with van der Waals surface area (Å²) < 4.78 is 18.1. The molecule has 0 saturated carbocycles. The van der Waals surface area contributed by atoms with E-state index >= 15 is 0 Å². The van der Waals surface area contributed by atoms with Crippen molar-refractivity contribution in [2.24, 2.45) is 0 Å². The first-order valence-corrected chi connectivity index (χ1v) is 5.55. The summed E-state index contributed by atoms with van der Waals surface area (Å²) in [7, 11) is 1.55. The van der Waals surface area contributed by atoms with E-state index in [4.69, 9.17) is 4.74 Å². The Bertz CT molecular complexity index is 546. The van der Waals surface area contributed by atoms with Crippen LogP contribution in [0.4, 0.5) is 10.3 Å². The van der Waals surface area contributed by atoms with Gasteiger partial charge in [-0.1, -0.05) is 12.1 Å². The zero-order valence-electron chi connectivity index (χ0n) is 10.3. The normalized spacial score (nSPS) is 10.2. The molecular formula is C13H14FN3O. The van der Waals surface area contributed by atoms with E-state index in [0.29, 0.717) is 23.9 Å². The fourth-order valence-corrected chi connectivity index (χ4v) is 1.54. The number of nitrogens with one attached hydrogen (secondary N) is 1. The molecule has 0 atom stereocenters. The highest BCUT2D eigenvalue weighted by atomic mass is 19.1. The predicted octanol–water partition coefficient (Wildman–Crippen LogP) is 2.54. The number of rotatable bonds is 4. The van der Waals surface area contributed by atoms with Gasteiger partial charge in [0.05, 0.1) is 7.11 Å². The molecule has 0 aliphatic rings. The molecule has 18 heavy (non-hydrogen) atoms. The quantitative estimate of drug-likeness (QED) is 0.902. The molecule has 0 amide bonds. The molecule has 1 N–H and O–H groups in total. The third-order valence-electron chi connectivity index (χ3n) is 2.51. The topological polar surface area (TPSA) is 47.0 Å². The van der Waals surface area contributed by atoms with E-state index in [1.807, 2.05) is 0 Å². The Balaban J connectivity index is 2.04. The van der Waals surface area contributed by atoms with Crippen molar-refractivity contribution in [3.8, 4) is 5.88 Å². The standard InChI is InChI=1S/C13H14FN3O/c1-9-7-10(3-4-11(9)14)8-16-13-15-6-5-12(17-13)18-2/h3-7H,8H2,1-2H3,(H,15,16,17). The number of aryl methyl sites for hydroxylation is 1. The van der Waals surface area contributed by atoms with Crippen LogP contribution >= 0.6 is 0 Å². The fraction of sp³-hybridized carbons (Fsp3) is 0.231. The molecular weight excluding hydrogens is 233 g/mol. The van der Waals surface area contributed by atoms with Crippen LogP contribution in [0.1, 0.15) is 11.1 Å². The van der Waals surface area contributed by atoms with Crippen molar-refractivity contribution in [3.63, 3.8) is 0 Å². The fourth-order valence-electron chi connectivity index (χ4n) is 1.54. The minimum Gasteiger partial charge on any atom is -0.481 e. The molecule has 0 radical (unpaired) electrons. The number of anilines is 1. The van der Waals surface area contributed by atoms with Crippen LogP contribution in [0.2, 0.25) is 0 Å². The summed E-state index contributed by atoms with van der Waals surface area (Å²) in [6, 6.07) is 6.66. The number of hydrogen-bond donors (Lipinski definition) is 1. The lowest BCUT2D eigenvalue weighted by Gasteiger charge is -2.07. The van der Waals surface area contributed by atoms with Crippen LogP contribution in [0.15, 0.2) is 30.5 Å². The maximum atomic E-state index is 13.1. The first kappa shape index (κ1) is 12.3. The van der Waals surface area contributed by atoms with E-state index < -0.39 is 0 Å². The van der Waals surface area contributed by atoms with Gasteiger partial charge in [-0.25, -0.2) is 9.37 Å². The second kappa shape index (κ2) is 5.44. The lowest BCUT2D eigenvalue weighted by molar-refractivity contribution is 0.397. The number of benzene rings is 1. The Hall–Kier alpha value is -2.17. The van der Waals surface area contributed by atoms with Crippen molar-refractivity contribution >= 4 is 5.95 Å². The lowest BCUT2D eigenvalue weighted by Crippen LogP contribution is -2.04. The number of hydrogen-bond acceptors (Lipinski definition) is 4. The van der Waals surface area contributed by atoms with E-state index in [1.54, 1.807) is 38.4 Å². The van der Waals surface area contributed by atoms with Gasteiger partial charge in [0.2, 0.25) is 11.8 Å². The average molecular weight is 247 g/mol. The molecule has 2 rings (SSSR count). The first-order chi connectivity index (χ1) is 8.69. The Morgan fingerprint density at radius 2 is 2.17 bits per heavy atom. The average Bonchev–Trinajstić information content (AvgIpc) is 2.40. The second-order valence-corrected chi connectivity index (χ2v) is 3.86. The maximum Gasteiger partial charge on any atom is 0.226 e. The van der Waals surface area contributed by atoms with Gasteiger partial charge in [-0.3, -0.25) is 0 Å². The number of aromatic nitrogens is 2. The molecule has 0 saturated heterocycles. The molecule has 0 aliphatic heterocycles. The monoisotopic (exact) mass is 247 g/mol. The van der Waals surface area contributed by atoms with E-state index in [9.17, 15) is 4.39 Å². The van der Waals surface area contributed by atoms with Gasteiger partial charge in [-0.2, -0.15) is 4.98 Å². The zero-order chi connectivity index (χ0) is 13.0. The largest absolute Gasteiger partial charge is 0.481 e. The molecule has 94 valence electrons. The van der Waals surface area contributed by atoms with Gasteiger partial charge in [-0.05, 0) is 24.1 Å². The van der Waals surface area contributed by atoms with Crippen molar-refractivity contribution in [2.45, 2.75) is 13.5 Å². The van der Waals surface area contributed by atoms with Crippen LogP contribution in [0.5, 0.6) is 5.88 Å². The maximum absolute atomic E-state index is 13.1. The molecule has 0 fully saturated rings. The van der Waals surface area contributed by atoms with Crippen LogP contribution < -0.4 is 10.1 Å². The Morgan fingerprint density at radius 3 is 2.89 bits per heavy atom. The molecule has 2 aromatic rings. The third kappa shape index (κ3) is 2.94. The van der Waals surface area contributed by atoms with Crippen LogP contribution in [0.25, 0.3) is 0 Å². The first-order valence-electron chi connectivity index (χ1n) is 5.55. The Morgan fingerprint density at radius 1 is 1.33 bits per heavy atom. The van der Waals surface area contributed by atoms with Gasteiger partial charge >= 0.3 is 0 Å². The zero-order valence-corrected chi connectivity index (χ0v) is 10.3. The molecule has 1 aromatic carbocycles. The molecule has 5 heteroatoms. The lowest BCUT2D eigenvalue weighted by atomic mass is 10.1. The summed E-state index contributed by atoms with van der Waals surface area (Å²) in [5.41, 5.74) is 1.60. The van der Waals surface area contributed by atoms with Gasteiger partial charge in [0.25, 0.3) is 0 Å². The van der Waals surface area contributed by atoms with Crippen LogP contribution in [0, 0.1) is 12.7 Å². The highest BCUT2D eigenvalue weighted by Gasteiger charge is 2.01. The molecule has 4 nitrogen and oxygen atoms in total. The summed E-state index contributed by atoms with van der Waals surface area (Å²) in [5.74, 6) is 0.787. The Kier molecular flexibility index (Phi) is 3.72. The molecule has 1 heterocycles. The smallest absolute Gasteiger partial charge is 0.226 e. The summed E-state index contributed by atoms with van der Waals surface area (Å²) in [5, 5.41) is 3.06. The SMILES string of the molecule is COc1ccnc(NCc2ccc(F)c(C)c2)n1. The van der Waals surface area contributed by atoms with Gasteiger partial charge < -0.3 is 10.1 Å².